The van der Waals surface area contributed by atoms with Crippen molar-refractivity contribution in [2.24, 2.45) is 4.99 Å². The van der Waals surface area contributed by atoms with Crippen molar-refractivity contribution in [2.45, 2.75) is 6.54 Å². The van der Waals surface area contributed by atoms with Crippen molar-refractivity contribution in [1.82, 2.24) is 4.57 Å². The summed E-state index contributed by atoms with van der Waals surface area (Å²) in [4.78, 5) is 4.67. The number of furan rings is 1. The minimum atomic E-state index is 0.250. The summed E-state index contributed by atoms with van der Waals surface area (Å²) in [5.74, 6) is 2.27. The van der Waals surface area contributed by atoms with Gasteiger partial charge in [-0.25, -0.2) is 4.99 Å². The monoisotopic (exact) mass is 487 g/mol. The highest BCUT2D eigenvalue weighted by atomic mass is 16.5. The van der Waals surface area contributed by atoms with Gasteiger partial charge in [-0.15, -0.1) is 6.58 Å². The van der Waals surface area contributed by atoms with E-state index in [4.69, 9.17) is 13.9 Å². The summed E-state index contributed by atoms with van der Waals surface area (Å²) in [7, 11) is 3.24. The van der Waals surface area contributed by atoms with Crippen LogP contribution >= 0.6 is 0 Å². The smallest absolute Gasteiger partial charge is 0.238 e. The summed E-state index contributed by atoms with van der Waals surface area (Å²) in [6.45, 7) is 4.54. The second kappa shape index (κ2) is 10.3. The highest BCUT2D eigenvalue weighted by Crippen LogP contribution is 2.43. The van der Waals surface area contributed by atoms with Crippen LogP contribution in [0, 0.1) is 11.3 Å². The van der Waals surface area contributed by atoms with Crippen LogP contribution < -0.4 is 9.47 Å². The number of hydrogen-bond donors (Lipinski definition) is 0. The first kappa shape index (κ1) is 23.7. The van der Waals surface area contributed by atoms with Crippen LogP contribution in [0.1, 0.15) is 11.1 Å². The van der Waals surface area contributed by atoms with Crippen LogP contribution in [0.3, 0.4) is 0 Å². The minimum Gasteiger partial charge on any atom is -0.497 e. The number of fused-ring (bicyclic) bond motifs is 1. The summed E-state index contributed by atoms with van der Waals surface area (Å²) in [5, 5.41) is 11.3. The van der Waals surface area contributed by atoms with Crippen molar-refractivity contribution in [1.29, 1.82) is 5.26 Å². The van der Waals surface area contributed by atoms with Crippen molar-refractivity contribution in [3.05, 3.63) is 103 Å². The van der Waals surface area contributed by atoms with Gasteiger partial charge in [0.15, 0.2) is 0 Å². The molecule has 3 aromatic carbocycles. The highest BCUT2D eigenvalue weighted by molar-refractivity contribution is 6.00. The molecule has 0 radical (unpaired) electrons. The first-order valence-electron chi connectivity index (χ1n) is 11.8. The summed E-state index contributed by atoms with van der Waals surface area (Å²) in [6.07, 6.45) is 5.63. The largest absolute Gasteiger partial charge is 0.497 e. The molecule has 6 heteroatoms. The van der Waals surface area contributed by atoms with Crippen LogP contribution in [0.25, 0.3) is 33.4 Å². The highest BCUT2D eigenvalue weighted by Gasteiger charge is 2.23. The zero-order valence-electron chi connectivity index (χ0n) is 20.6. The number of hydrogen-bond acceptors (Lipinski definition) is 5. The maximum atomic E-state index is 10.2. The summed E-state index contributed by atoms with van der Waals surface area (Å²) < 4.78 is 19.0. The van der Waals surface area contributed by atoms with Crippen LogP contribution in [-0.4, -0.2) is 25.0 Å². The van der Waals surface area contributed by atoms with Crippen molar-refractivity contribution in [2.75, 3.05) is 14.2 Å². The fraction of sp³-hybridized carbons (Fsp3) is 0.0968. The second-order valence-corrected chi connectivity index (χ2v) is 8.36. The lowest BCUT2D eigenvalue weighted by molar-refractivity contribution is 0.414. The number of para-hydroxylation sites is 1. The molecule has 2 aromatic heterocycles. The fourth-order valence-electron chi connectivity index (χ4n) is 4.39. The normalized spacial score (nSPS) is 11.1. The second-order valence-electron chi connectivity index (χ2n) is 8.36. The van der Waals surface area contributed by atoms with Gasteiger partial charge in [-0.2, -0.15) is 5.26 Å². The van der Waals surface area contributed by atoms with Crippen molar-refractivity contribution < 1.29 is 13.9 Å². The van der Waals surface area contributed by atoms with Gasteiger partial charge in [0.1, 0.15) is 28.9 Å². The molecule has 0 unspecified atom stereocenters. The lowest BCUT2D eigenvalue weighted by atomic mass is 9.98. The Morgan fingerprint density at radius 1 is 0.946 bits per heavy atom. The Kier molecular flexibility index (Phi) is 6.60. The van der Waals surface area contributed by atoms with E-state index in [1.165, 1.54) is 0 Å². The molecule has 2 heterocycles. The Morgan fingerprint density at radius 3 is 2.22 bits per heavy atom. The molecule has 37 heavy (non-hydrogen) atoms. The van der Waals surface area contributed by atoms with Gasteiger partial charge in [0.25, 0.3) is 0 Å². The molecule has 0 N–H and O–H groups in total. The number of ether oxygens (including phenoxy) is 2. The molecular formula is C31H25N3O3. The maximum absolute atomic E-state index is 10.2. The Hall–Kier alpha value is -5.02. The third-order valence-corrected chi connectivity index (χ3v) is 6.20. The summed E-state index contributed by atoms with van der Waals surface area (Å²) >= 11 is 0. The molecule has 0 bridgehead atoms. The van der Waals surface area contributed by atoms with E-state index in [2.05, 4.69) is 34.3 Å². The molecular weight excluding hydrogens is 462 g/mol. The lowest BCUT2D eigenvalue weighted by Crippen LogP contribution is -1.91. The Labute approximate surface area is 215 Å². The number of methoxy groups -OCH3 is 2. The Balaban J connectivity index is 1.66. The predicted octanol–water partition coefficient (Wildman–Crippen LogP) is 7.39. The quantitative estimate of drug-likeness (QED) is 0.169. The first-order valence-corrected chi connectivity index (χ1v) is 11.8. The number of allylic oxidation sites excluding steroid dienone is 1. The lowest BCUT2D eigenvalue weighted by Gasteiger charge is -2.06. The first-order chi connectivity index (χ1) is 18.2. The average molecular weight is 488 g/mol. The summed E-state index contributed by atoms with van der Waals surface area (Å²) in [5.41, 5.74) is 4.69. The molecule has 0 fully saturated rings. The third-order valence-electron chi connectivity index (χ3n) is 6.20. The van der Waals surface area contributed by atoms with Gasteiger partial charge in [-0.05, 0) is 48.0 Å². The Morgan fingerprint density at radius 2 is 1.59 bits per heavy atom. The number of benzene rings is 3. The summed E-state index contributed by atoms with van der Waals surface area (Å²) in [6, 6.07) is 25.5. The molecule has 0 saturated carbocycles. The van der Waals surface area contributed by atoms with Gasteiger partial charge in [0.2, 0.25) is 5.88 Å². The number of nitrogens with zero attached hydrogens (tertiary/aromatic N) is 3. The van der Waals surface area contributed by atoms with Crippen LogP contribution in [0.5, 0.6) is 11.5 Å². The van der Waals surface area contributed by atoms with Crippen molar-refractivity contribution in [3.8, 4) is 40.0 Å². The molecule has 6 nitrogen and oxygen atoms in total. The van der Waals surface area contributed by atoms with Gasteiger partial charge < -0.3 is 18.5 Å². The molecule has 0 aliphatic rings. The van der Waals surface area contributed by atoms with E-state index in [0.29, 0.717) is 23.4 Å². The van der Waals surface area contributed by atoms with Gasteiger partial charge in [0, 0.05) is 46.5 Å². The van der Waals surface area contributed by atoms with E-state index in [0.717, 1.165) is 39.1 Å². The molecule has 5 rings (SSSR count). The standard InChI is InChI=1S/C31H25N3O3/c1-4-17-34-20-23(26-7-5-6-8-28(26)34)19-33-31-27(18-32)29(21-9-13-24(35-2)14-10-21)30(37-31)22-11-15-25(36-3)16-12-22/h4-16,19-20H,1,17H2,2-3H3. The molecule has 5 aromatic rings. The number of nitriles is 1. The van der Waals surface area contributed by atoms with E-state index in [1.807, 2.05) is 72.9 Å². The van der Waals surface area contributed by atoms with Gasteiger partial charge in [-0.1, -0.05) is 36.4 Å². The van der Waals surface area contributed by atoms with Gasteiger partial charge in [-0.3, -0.25) is 0 Å². The number of aliphatic imine (C=N–C) groups is 1. The van der Waals surface area contributed by atoms with E-state index in [1.54, 1.807) is 20.4 Å². The van der Waals surface area contributed by atoms with Crippen LogP contribution in [0.15, 0.2) is 101 Å². The number of aromatic nitrogens is 1. The molecule has 0 spiro atoms. The molecule has 0 aliphatic heterocycles. The minimum absolute atomic E-state index is 0.250. The van der Waals surface area contributed by atoms with Crippen molar-refractivity contribution >= 4 is 23.0 Å². The SMILES string of the molecule is C=CCn1cc(C=Nc2oc(-c3ccc(OC)cc3)c(-c3ccc(OC)cc3)c2C#N)c2ccccc21. The van der Waals surface area contributed by atoms with Gasteiger partial charge in [0.05, 0.1) is 14.2 Å². The zero-order valence-corrected chi connectivity index (χ0v) is 20.6. The average Bonchev–Trinajstić information content (AvgIpc) is 3.50. The topological polar surface area (TPSA) is 72.7 Å². The molecule has 182 valence electrons. The van der Waals surface area contributed by atoms with Crippen molar-refractivity contribution in [3.63, 3.8) is 0 Å². The fourth-order valence-corrected chi connectivity index (χ4v) is 4.39. The van der Waals surface area contributed by atoms with Crippen LogP contribution in [0.4, 0.5) is 5.88 Å². The maximum Gasteiger partial charge on any atom is 0.238 e. The van der Waals surface area contributed by atoms with E-state index in [9.17, 15) is 5.26 Å². The number of rotatable bonds is 8. The third kappa shape index (κ3) is 4.51. The zero-order chi connectivity index (χ0) is 25.8. The van der Waals surface area contributed by atoms with E-state index >= 15 is 0 Å². The van der Waals surface area contributed by atoms with E-state index in [-0.39, 0.29) is 5.88 Å². The molecule has 0 atom stereocenters. The van der Waals surface area contributed by atoms with Crippen LogP contribution in [0.2, 0.25) is 0 Å². The molecule has 0 aliphatic carbocycles. The molecule has 0 saturated heterocycles. The van der Waals surface area contributed by atoms with Crippen LogP contribution in [-0.2, 0) is 6.54 Å². The van der Waals surface area contributed by atoms with E-state index < -0.39 is 0 Å². The Bertz CT molecular complexity index is 1630. The molecule has 0 amide bonds. The van der Waals surface area contributed by atoms with Gasteiger partial charge >= 0.3 is 0 Å². The predicted molar refractivity (Wildman–Crippen MR) is 147 cm³/mol.